The van der Waals surface area contributed by atoms with E-state index in [2.05, 4.69) is 4.74 Å². The summed E-state index contributed by atoms with van der Waals surface area (Å²) in [5.41, 5.74) is 1.51. The van der Waals surface area contributed by atoms with E-state index in [0.717, 1.165) is 5.56 Å². The number of nitrogens with zero attached hydrogens (tertiary/aromatic N) is 2. The summed E-state index contributed by atoms with van der Waals surface area (Å²) in [6.07, 6.45) is -4.80. The van der Waals surface area contributed by atoms with E-state index >= 15 is 0 Å². The number of halogens is 3. The minimum absolute atomic E-state index is 0.247. The monoisotopic (exact) mass is 366 g/mol. The molecule has 1 aliphatic heterocycles. The summed E-state index contributed by atoms with van der Waals surface area (Å²) in [6, 6.07) is 14.1. The van der Waals surface area contributed by atoms with Gasteiger partial charge in [0.15, 0.2) is 0 Å². The molecule has 2 aromatic carbocycles. The molecule has 2 unspecified atom stereocenters. The van der Waals surface area contributed by atoms with Crippen LogP contribution in [0.25, 0.3) is 0 Å². The Bertz CT molecular complexity index is 768. The predicted octanol–water partition coefficient (Wildman–Crippen LogP) is 3.83. The van der Waals surface area contributed by atoms with Crippen LogP contribution < -0.4 is 4.74 Å². The van der Waals surface area contributed by atoms with E-state index in [1.165, 1.54) is 18.2 Å². The van der Waals surface area contributed by atoms with Gasteiger partial charge in [-0.25, -0.2) is 0 Å². The van der Waals surface area contributed by atoms with E-state index in [4.69, 9.17) is 0 Å². The van der Waals surface area contributed by atoms with Gasteiger partial charge in [0.1, 0.15) is 5.75 Å². The lowest BCUT2D eigenvalue weighted by Gasteiger charge is -2.16. The van der Waals surface area contributed by atoms with Crippen molar-refractivity contribution >= 4 is 0 Å². The van der Waals surface area contributed by atoms with Crippen molar-refractivity contribution in [2.45, 2.75) is 24.9 Å². The SMILES string of the molecule is O=[N+]([O-])C1CN(Cc2ccccc2)CC1c1cccc(OC(F)(F)F)c1. The zero-order chi connectivity index (χ0) is 18.7. The maximum absolute atomic E-state index is 12.4. The van der Waals surface area contributed by atoms with Gasteiger partial charge < -0.3 is 4.74 Å². The first-order chi connectivity index (χ1) is 12.3. The molecule has 3 rings (SSSR count). The van der Waals surface area contributed by atoms with Gasteiger partial charge in [0, 0.05) is 18.0 Å². The van der Waals surface area contributed by atoms with Crippen LogP contribution in [0.2, 0.25) is 0 Å². The number of hydrogen-bond acceptors (Lipinski definition) is 4. The molecule has 1 fully saturated rings. The van der Waals surface area contributed by atoms with Gasteiger partial charge in [0.25, 0.3) is 0 Å². The van der Waals surface area contributed by atoms with Crippen molar-refractivity contribution < 1.29 is 22.8 Å². The molecule has 1 heterocycles. The first-order valence-corrected chi connectivity index (χ1v) is 8.07. The average molecular weight is 366 g/mol. The van der Waals surface area contributed by atoms with Crippen molar-refractivity contribution in [3.63, 3.8) is 0 Å². The van der Waals surface area contributed by atoms with Gasteiger partial charge in [-0.3, -0.25) is 15.0 Å². The number of rotatable bonds is 5. The number of benzene rings is 2. The molecule has 1 saturated heterocycles. The molecule has 26 heavy (non-hydrogen) atoms. The standard InChI is InChI=1S/C18H17F3N2O3/c19-18(20,21)26-15-8-4-7-14(9-15)16-11-22(12-17(16)23(24)25)10-13-5-2-1-3-6-13/h1-9,16-17H,10-12H2. The summed E-state index contributed by atoms with van der Waals surface area (Å²) in [4.78, 5) is 13.1. The number of nitro groups is 1. The second kappa shape index (κ2) is 7.33. The Hall–Kier alpha value is -2.61. The fourth-order valence-electron chi connectivity index (χ4n) is 3.32. The lowest BCUT2D eigenvalue weighted by molar-refractivity contribution is -0.521. The number of hydrogen-bond donors (Lipinski definition) is 0. The summed E-state index contributed by atoms with van der Waals surface area (Å²) in [5.74, 6) is -0.857. The molecule has 8 heteroatoms. The molecule has 0 amide bonds. The normalized spacial score (nSPS) is 20.9. The third kappa shape index (κ3) is 4.51. The van der Waals surface area contributed by atoms with Crippen molar-refractivity contribution in [3.05, 3.63) is 75.8 Å². The van der Waals surface area contributed by atoms with E-state index < -0.39 is 18.3 Å². The summed E-state index contributed by atoms with van der Waals surface area (Å²) in [5, 5.41) is 11.5. The third-order valence-electron chi connectivity index (χ3n) is 4.40. The van der Waals surface area contributed by atoms with Gasteiger partial charge in [0.2, 0.25) is 6.04 Å². The Labute approximate surface area is 148 Å². The molecule has 2 aromatic rings. The van der Waals surface area contributed by atoms with Crippen LogP contribution in [0, 0.1) is 10.1 Å². The molecule has 0 aliphatic carbocycles. The smallest absolute Gasteiger partial charge is 0.406 e. The number of alkyl halides is 3. The van der Waals surface area contributed by atoms with Gasteiger partial charge >= 0.3 is 6.36 Å². The van der Waals surface area contributed by atoms with Gasteiger partial charge in [0.05, 0.1) is 12.5 Å². The van der Waals surface area contributed by atoms with E-state index in [0.29, 0.717) is 18.7 Å². The highest BCUT2D eigenvalue weighted by atomic mass is 19.4. The van der Waals surface area contributed by atoms with Crippen LogP contribution in [-0.2, 0) is 6.54 Å². The van der Waals surface area contributed by atoms with Crippen LogP contribution in [0.5, 0.6) is 5.75 Å². The molecule has 0 spiro atoms. The quantitative estimate of drug-likeness (QED) is 0.596. The van der Waals surface area contributed by atoms with Crippen LogP contribution in [0.1, 0.15) is 17.0 Å². The molecule has 0 bridgehead atoms. The Morgan fingerprint density at radius 3 is 2.50 bits per heavy atom. The first kappa shape index (κ1) is 18.2. The molecule has 1 aliphatic rings. The third-order valence-corrected chi connectivity index (χ3v) is 4.40. The topological polar surface area (TPSA) is 55.6 Å². The minimum atomic E-state index is -4.80. The molecule has 2 atom stereocenters. The fourth-order valence-corrected chi connectivity index (χ4v) is 3.32. The molecular formula is C18H17F3N2O3. The average Bonchev–Trinajstić information content (AvgIpc) is 2.99. The lowest BCUT2D eigenvalue weighted by atomic mass is 9.94. The van der Waals surface area contributed by atoms with Gasteiger partial charge in [-0.1, -0.05) is 42.5 Å². The van der Waals surface area contributed by atoms with E-state index in [-0.39, 0.29) is 17.2 Å². The Kier molecular flexibility index (Phi) is 5.13. The largest absolute Gasteiger partial charge is 0.573 e. The zero-order valence-electron chi connectivity index (χ0n) is 13.7. The highest BCUT2D eigenvalue weighted by molar-refractivity contribution is 5.33. The lowest BCUT2D eigenvalue weighted by Crippen LogP contribution is -2.28. The fraction of sp³-hybridized carbons (Fsp3) is 0.333. The van der Waals surface area contributed by atoms with E-state index in [1.807, 2.05) is 35.2 Å². The first-order valence-electron chi connectivity index (χ1n) is 8.07. The highest BCUT2D eigenvalue weighted by Crippen LogP contribution is 2.33. The maximum Gasteiger partial charge on any atom is 0.573 e. The second-order valence-corrected chi connectivity index (χ2v) is 6.26. The number of likely N-dealkylation sites (tertiary alicyclic amines) is 1. The van der Waals surface area contributed by atoms with Crippen molar-refractivity contribution in [1.29, 1.82) is 0 Å². The van der Waals surface area contributed by atoms with Crippen LogP contribution in [0.15, 0.2) is 54.6 Å². The summed E-state index contributed by atoms with van der Waals surface area (Å²) < 4.78 is 41.2. The zero-order valence-corrected chi connectivity index (χ0v) is 13.7. The van der Waals surface area contributed by atoms with Gasteiger partial charge in [-0.05, 0) is 23.3 Å². The van der Waals surface area contributed by atoms with E-state index in [1.54, 1.807) is 6.07 Å². The summed E-state index contributed by atoms with van der Waals surface area (Å²) >= 11 is 0. The van der Waals surface area contributed by atoms with Crippen molar-refractivity contribution in [1.82, 2.24) is 4.90 Å². The van der Waals surface area contributed by atoms with Gasteiger partial charge in [-0.2, -0.15) is 0 Å². The molecule has 0 N–H and O–H groups in total. The molecule has 5 nitrogen and oxygen atoms in total. The number of ether oxygens (including phenoxy) is 1. The van der Waals surface area contributed by atoms with Crippen LogP contribution in [-0.4, -0.2) is 35.3 Å². The van der Waals surface area contributed by atoms with Gasteiger partial charge in [-0.15, -0.1) is 13.2 Å². The summed E-state index contributed by atoms with van der Waals surface area (Å²) in [6.45, 7) is 1.20. The molecule has 0 aromatic heterocycles. The van der Waals surface area contributed by atoms with Crippen molar-refractivity contribution in [3.8, 4) is 5.75 Å². The Morgan fingerprint density at radius 1 is 1.12 bits per heavy atom. The Morgan fingerprint density at radius 2 is 1.85 bits per heavy atom. The van der Waals surface area contributed by atoms with Crippen molar-refractivity contribution in [2.75, 3.05) is 13.1 Å². The van der Waals surface area contributed by atoms with Crippen molar-refractivity contribution in [2.24, 2.45) is 0 Å². The maximum atomic E-state index is 12.4. The molecule has 0 radical (unpaired) electrons. The van der Waals surface area contributed by atoms with E-state index in [9.17, 15) is 23.3 Å². The van der Waals surface area contributed by atoms with Crippen LogP contribution in [0.3, 0.4) is 0 Å². The highest BCUT2D eigenvalue weighted by Gasteiger charge is 2.42. The molecule has 0 saturated carbocycles. The Balaban J connectivity index is 1.79. The minimum Gasteiger partial charge on any atom is -0.406 e. The summed E-state index contributed by atoms with van der Waals surface area (Å²) in [7, 11) is 0. The van der Waals surface area contributed by atoms with Crippen LogP contribution in [0.4, 0.5) is 13.2 Å². The molecule has 138 valence electrons. The van der Waals surface area contributed by atoms with Crippen LogP contribution >= 0.6 is 0 Å². The second-order valence-electron chi connectivity index (χ2n) is 6.26. The molecular weight excluding hydrogens is 349 g/mol. The predicted molar refractivity (Wildman–Crippen MR) is 88.4 cm³/mol.